The van der Waals surface area contributed by atoms with Gasteiger partial charge in [0.1, 0.15) is 0 Å². The number of hydrogen-bond acceptors (Lipinski definition) is 3. The molecule has 1 aromatic carbocycles. The molecule has 0 radical (unpaired) electrons. The molecule has 1 unspecified atom stereocenters. The summed E-state index contributed by atoms with van der Waals surface area (Å²) in [7, 11) is 0. The Labute approximate surface area is 121 Å². The zero-order valence-electron chi connectivity index (χ0n) is 12.6. The van der Waals surface area contributed by atoms with Crippen molar-refractivity contribution in [1.82, 2.24) is 5.32 Å². The number of carbonyl (C=O) groups excluding carboxylic acids is 1. The maximum atomic E-state index is 11.5. The second kappa shape index (κ2) is 8.59. The normalized spacial score (nSPS) is 12.0. The Morgan fingerprint density at radius 3 is 2.55 bits per heavy atom. The molecule has 0 heterocycles. The molecule has 1 atom stereocenters. The van der Waals surface area contributed by atoms with Crippen LogP contribution in [-0.2, 0) is 4.74 Å². The fourth-order valence-electron chi connectivity index (χ4n) is 2.30. The number of benzene rings is 1. The minimum absolute atomic E-state index is 0.000926. The van der Waals surface area contributed by atoms with Crippen molar-refractivity contribution in [1.29, 1.82) is 0 Å². The smallest absolute Gasteiger partial charge is 0.407 e. The van der Waals surface area contributed by atoms with E-state index in [4.69, 9.17) is 4.74 Å². The van der Waals surface area contributed by atoms with Crippen molar-refractivity contribution in [3.63, 3.8) is 0 Å². The average molecular weight is 279 g/mol. The first-order chi connectivity index (χ1) is 9.60. The Morgan fingerprint density at radius 1 is 1.35 bits per heavy atom. The number of amides is 1. The SMILES string of the molecule is CCCCOC(=O)NCC(CO)c1c(C)cccc1C. The number of carbonyl (C=O) groups is 1. The molecular formula is C16H25NO3. The molecule has 0 aliphatic rings. The van der Waals surface area contributed by atoms with E-state index in [2.05, 4.69) is 5.32 Å². The zero-order valence-corrected chi connectivity index (χ0v) is 12.6. The van der Waals surface area contributed by atoms with Crippen LogP contribution in [0.4, 0.5) is 4.79 Å². The number of rotatable bonds is 7. The third-order valence-corrected chi connectivity index (χ3v) is 3.39. The maximum Gasteiger partial charge on any atom is 0.407 e. The fraction of sp³-hybridized carbons (Fsp3) is 0.562. The Hall–Kier alpha value is -1.55. The van der Waals surface area contributed by atoms with Crippen LogP contribution in [0, 0.1) is 13.8 Å². The Bertz CT molecular complexity index is 411. The van der Waals surface area contributed by atoms with Crippen molar-refractivity contribution < 1.29 is 14.6 Å². The third-order valence-electron chi connectivity index (χ3n) is 3.39. The predicted octanol–water partition coefficient (Wildman–Crippen LogP) is 2.91. The van der Waals surface area contributed by atoms with Crippen molar-refractivity contribution in [3.8, 4) is 0 Å². The molecule has 0 bridgehead atoms. The summed E-state index contributed by atoms with van der Waals surface area (Å²) in [5, 5.41) is 12.3. The lowest BCUT2D eigenvalue weighted by Gasteiger charge is -2.20. The lowest BCUT2D eigenvalue weighted by atomic mass is 9.91. The number of aliphatic hydroxyl groups is 1. The number of ether oxygens (including phenoxy) is 1. The third kappa shape index (κ3) is 4.85. The molecule has 0 saturated heterocycles. The van der Waals surface area contributed by atoms with Crippen LogP contribution in [0.3, 0.4) is 0 Å². The topological polar surface area (TPSA) is 58.6 Å². The molecule has 0 saturated carbocycles. The first-order valence-corrected chi connectivity index (χ1v) is 7.17. The average Bonchev–Trinajstić information content (AvgIpc) is 2.42. The van der Waals surface area contributed by atoms with E-state index in [0.717, 1.165) is 29.5 Å². The van der Waals surface area contributed by atoms with Crippen LogP contribution in [0.15, 0.2) is 18.2 Å². The molecule has 112 valence electrons. The van der Waals surface area contributed by atoms with Crippen molar-refractivity contribution in [2.24, 2.45) is 0 Å². The molecule has 0 fully saturated rings. The largest absolute Gasteiger partial charge is 0.450 e. The van der Waals surface area contributed by atoms with Gasteiger partial charge in [0, 0.05) is 12.5 Å². The van der Waals surface area contributed by atoms with Crippen molar-refractivity contribution in [3.05, 3.63) is 34.9 Å². The predicted molar refractivity (Wildman–Crippen MR) is 80.0 cm³/mol. The molecule has 1 amide bonds. The molecule has 1 rings (SSSR count). The molecule has 4 nitrogen and oxygen atoms in total. The lowest BCUT2D eigenvalue weighted by Crippen LogP contribution is -2.31. The van der Waals surface area contributed by atoms with Crippen LogP contribution in [0.1, 0.15) is 42.4 Å². The minimum atomic E-state index is -0.414. The van der Waals surface area contributed by atoms with Gasteiger partial charge in [0.15, 0.2) is 0 Å². The number of unbranched alkanes of at least 4 members (excludes halogenated alkanes) is 1. The summed E-state index contributed by atoms with van der Waals surface area (Å²) in [6, 6.07) is 6.03. The van der Waals surface area contributed by atoms with Crippen LogP contribution < -0.4 is 5.32 Å². The molecule has 4 heteroatoms. The first-order valence-electron chi connectivity index (χ1n) is 7.17. The molecule has 0 aromatic heterocycles. The van der Waals surface area contributed by atoms with Crippen molar-refractivity contribution >= 4 is 6.09 Å². The van der Waals surface area contributed by atoms with Crippen LogP contribution in [0.2, 0.25) is 0 Å². The summed E-state index contributed by atoms with van der Waals surface area (Å²) >= 11 is 0. The quantitative estimate of drug-likeness (QED) is 0.754. The van der Waals surface area contributed by atoms with Gasteiger partial charge >= 0.3 is 6.09 Å². The minimum Gasteiger partial charge on any atom is -0.450 e. The molecule has 2 N–H and O–H groups in total. The molecule has 0 aliphatic carbocycles. The number of nitrogens with one attached hydrogen (secondary N) is 1. The molecule has 1 aromatic rings. The monoisotopic (exact) mass is 279 g/mol. The van der Waals surface area contributed by atoms with Crippen LogP contribution in [0.5, 0.6) is 0 Å². The summed E-state index contributed by atoms with van der Waals surface area (Å²) in [5.74, 6) is -0.102. The van der Waals surface area contributed by atoms with Gasteiger partial charge in [-0.05, 0) is 37.0 Å². The van der Waals surface area contributed by atoms with Gasteiger partial charge in [0.05, 0.1) is 13.2 Å². The number of hydrogen-bond donors (Lipinski definition) is 2. The number of aryl methyl sites for hydroxylation is 2. The summed E-state index contributed by atoms with van der Waals surface area (Å²) in [4.78, 5) is 11.5. The lowest BCUT2D eigenvalue weighted by molar-refractivity contribution is 0.142. The Balaban J connectivity index is 2.57. The van der Waals surface area contributed by atoms with E-state index in [0.29, 0.717) is 13.2 Å². The van der Waals surface area contributed by atoms with Gasteiger partial charge in [-0.2, -0.15) is 0 Å². The maximum absolute atomic E-state index is 11.5. The molecule has 20 heavy (non-hydrogen) atoms. The van der Waals surface area contributed by atoms with Crippen molar-refractivity contribution in [2.45, 2.75) is 39.5 Å². The van der Waals surface area contributed by atoms with Gasteiger partial charge in [-0.1, -0.05) is 31.5 Å². The van der Waals surface area contributed by atoms with E-state index in [1.165, 1.54) is 0 Å². The fourth-order valence-corrected chi connectivity index (χ4v) is 2.30. The Kier molecular flexibility index (Phi) is 7.09. The highest BCUT2D eigenvalue weighted by Crippen LogP contribution is 2.22. The van der Waals surface area contributed by atoms with Gasteiger partial charge < -0.3 is 15.2 Å². The van der Waals surface area contributed by atoms with Crippen molar-refractivity contribution in [2.75, 3.05) is 19.8 Å². The van der Waals surface area contributed by atoms with Crippen LogP contribution in [-0.4, -0.2) is 31.0 Å². The second-order valence-corrected chi connectivity index (χ2v) is 5.06. The first kappa shape index (κ1) is 16.5. The summed E-state index contributed by atoms with van der Waals surface area (Å²) in [5.41, 5.74) is 3.36. The van der Waals surface area contributed by atoms with Gasteiger partial charge in [-0.15, -0.1) is 0 Å². The molecule has 0 spiro atoms. The summed E-state index contributed by atoms with van der Waals surface area (Å²) in [6.45, 7) is 6.91. The van der Waals surface area contributed by atoms with E-state index in [1.54, 1.807) is 0 Å². The van der Waals surface area contributed by atoms with Gasteiger partial charge in [0.2, 0.25) is 0 Å². The second-order valence-electron chi connectivity index (χ2n) is 5.06. The highest BCUT2D eigenvalue weighted by Gasteiger charge is 2.16. The van der Waals surface area contributed by atoms with E-state index in [-0.39, 0.29) is 12.5 Å². The summed E-state index contributed by atoms with van der Waals surface area (Å²) in [6.07, 6.45) is 1.45. The van der Waals surface area contributed by atoms with Gasteiger partial charge in [0.25, 0.3) is 0 Å². The zero-order chi connectivity index (χ0) is 15.0. The molecule has 0 aliphatic heterocycles. The van der Waals surface area contributed by atoms with E-state index >= 15 is 0 Å². The molecular weight excluding hydrogens is 254 g/mol. The van der Waals surface area contributed by atoms with Crippen LogP contribution in [0.25, 0.3) is 0 Å². The highest BCUT2D eigenvalue weighted by molar-refractivity contribution is 5.67. The Morgan fingerprint density at radius 2 is 2.00 bits per heavy atom. The number of alkyl carbamates (subject to hydrolysis) is 1. The standard InChI is InChI=1S/C16H25NO3/c1-4-5-9-20-16(19)17-10-14(11-18)15-12(2)7-6-8-13(15)3/h6-8,14,18H,4-5,9-11H2,1-3H3,(H,17,19). The highest BCUT2D eigenvalue weighted by atomic mass is 16.5. The van der Waals surface area contributed by atoms with E-state index < -0.39 is 6.09 Å². The van der Waals surface area contributed by atoms with Gasteiger partial charge in [-0.25, -0.2) is 4.79 Å². The van der Waals surface area contributed by atoms with Crippen LogP contribution >= 0.6 is 0 Å². The summed E-state index contributed by atoms with van der Waals surface area (Å²) < 4.78 is 5.04. The van der Waals surface area contributed by atoms with Gasteiger partial charge in [-0.3, -0.25) is 0 Å². The van der Waals surface area contributed by atoms with E-state index in [9.17, 15) is 9.90 Å². The van der Waals surface area contributed by atoms with E-state index in [1.807, 2.05) is 39.0 Å². The number of aliphatic hydroxyl groups excluding tert-OH is 1.